The van der Waals surface area contributed by atoms with Gasteiger partial charge in [0.05, 0.1) is 19.4 Å². The van der Waals surface area contributed by atoms with Crippen molar-refractivity contribution in [1.29, 1.82) is 0 Å². The van der Waals surface area contributed by atoms with Gasteiger partial charge in [0, 0.05) is 12.2 Å². The molecule has 0 aliphatic heterocycles. The molecule has 0 heterocycles. The molecule has 0 atom stereocenters. The summed E-state index contributed by atoms with van der Waals surface area (Å²) in [6, 6.07) is 9.33. The summed E-state index contributed by atoms with van der Waals surface area (Å²) in [6.45, 7) is 1.58. The van der Waals surface area contributed by atoms with Crippen molar-refractivity contribution in [2.75, 3.05) is 13.2 Å². The lowest BCUT2D eigenvalue weighted by Gasteiger charge is -2.04. The Balaban J connectivity index is 2.18. The molecule has 0 N–H and O–H groups in total. The molecule has 134 valence electrons. The Kier molecular flexibility index (Phi) is 9.28. The highest BCUT2D eigenvalue weighted by molar-refractivity contribution is 5.91. The van der Waals surface area contributed by atoms with E-state index in [1.807, 2.05) is 30.3 Å². The fourth-order valence-electron chi connectivity index (χ4n) is 1.73. The van der Waals surface area contributed by atoms with Crippen molar-refractivity contribution in [2.45, 2.75) is 26.2 Å². The lowest BCUT2D eigenvalue weighted by Crippen LogP contribution is -2.15. The maximum Gasteiger partial charge on any atom is 0.331 e. The molecule has 0 radical (unpaired) electrons. The molecule has 0 aromatic heterocycles. The first-order valence-corrected chi connectivity index (χ1v) is 7.80. The van der Waals surface area contributed by atoms with Crippen LogP contribution in [0.4, 0.5) is 0 Å². The second-order valence-electron chi connectivity index (χ2n) is 4.83. The molecule has 7 heteroatoms. The molecule has 0 amide bonds. The average Bonchev–Trinajstić information content (AvgIpc) is 2.59. The number of hydrogen-bond donors (Lipinski definition) is 0. The van der Waals surface area contributed by atoms with Gasteiger partial charge in [-0.15, -0.1) is 0 Å². The van der Waals surface area contributed by atoms with E-state index >= 15 is 0 Å². The third-order valence-electron chi connectivity index (χ3n) is 2.88. The minimum absolute atomic E-state index is 0.0812. The summed E-state index contributed by atoms with van der Waals surface area (Å²) in [4.78, 5) is 45.3. The SMILES string of the molecule is CCOC(=O)C=CC(=O)OCCC(=O)OC(=O)CCc1ccccc1. The van der Waals surface area contributed by atoms with E-state index in [0.29, 0.717) is 6.42 Å². The van der Waals surface area contributed by atoms with Gasteiger partial charge in [0.1, 0.15) is 6.61 Å². The van der Waals surface area contributed by atoms with Crippen molar-refractivity contribution < 1.29 is 33.4 Å². The van der Waals surface area contributed by atoms with Gasteiger partial charge in [-0.2, -0.15) is 0 Å². The molecular formula is C18H20O7. The third kappa shape index (κ3) is 9.70. The second kappa shape index (κ2) is 11.6. The van der Waals surface area contributed by atoms with Crippen molar-refractivity contribution in [3.8, 4) is 0 Å². The minimum Gasteiger partial charge on any atom is -0.463 e. The highest BCUT2D eigenvalue weighted by atomic mass is 16.6. The van der Waals surface area contributed by atoms with E-state index < -0.39 is 23.9 Å². The van der Waals surface area contributed by atoms with Crippen molar-refractivity contribution in [2.24, 2.45) is 0 Å². The smallest absolute Gasteiger partial charge is 0.331 e. The molecule has 0 saturated carbocycles. The monoisotopic (exact) mass is 348 g/mol. The summed E-state index contributed by atoms with van der Waals surface area (Å²) in [5, 5.41) is 0. The molecule has 1 rings (SSSR count). The predicted octanol–water partition coefficient (Wildman–Crippen LogP) is 1.74. The van der Waals surface area contributed by atoms with Crippen molar-refractivity contribution in [3.63, 3.8) is 0 Å². The Morgan fingerprint density at radius 3 is 2.12 bits per heavy atom. The number of ether oxygens (including phenoxy) is 3. The summed E-state index contributed by atoms with van der Waals surface area (Å²) in [5.74, 6) is -2.87. The number of hydrogen-bond acceptors (Lipinski definition) is 7. The molecule has 0 saturated heterocycles. The fourth-order valence-corrected chi connectivity index (χ4v) is 1.73. The van der Waals surface area contributed by atoms with Crippen LogP contribution in [0.5, 0.6) is 0 Å². The highest BCUT2D eigenvalue weighted by Gasteiger charge is 2.11. The molecule has 0 aliphatic rings. The normalized spacial score (nSPS) is 10.3. The average molecular weight is 348 g/mol. The summed E-state index contributed by atoms with van der Waals surface area (Å²) in [5.41, 5.74) is 0.967. The highest BCUT2D eigenvalue weighted by Crippen LogP contribution is 2.04. The van der Waals surface area contributed by atoms with Crippen LogP contribution in [0, 0.1) is 0 Å². The molecule has 1 aromatic rings. The topological polar surface area (TPSA) is 96.0 Å². The van der Waals surface area contributed by atoms with Crippen LogP contribution in [0.2, 0.25) is 0 Å². The van der Waals surface area contributed by atoms with Gasteiger partial charge in [0.15, 0.2) is 0 Å². The minimum atomic E-state index is -0.795. The summed E-state index contributed by atoms with van der Waals surface area (Å²) in [7, 11) is 0. The van der Waals surface area contributed by atoms with Gasteiger partial charge in [-0.05, 0) is 18.9 Å². The Bertz CT molecular complexity index is 620. The Morgan fingerprint density at radius 2 is 1.48 bits per heavy atom. The van der Waals surface area contributed by atoms with Gasteiger partial charge in [-0.1, -0.05) is 30.3 Å². The number of carbonyl (C=O) groups excluding carboxylic acids is 4. The van der Waals surface area contributed by atoms with Crippen LogP contribution in [0.25, 0.3) is 0 Å². The summed E-state index contributed by atoms with van der Waals surface area (Å²) in [6.07, 6.45) is 2.13. The van der Waals surface area contributed by atoms with Crippen molar-refractivity contribution in [3.05, 3.63) is 48.0 Å². The molecule has 7 nitrogen and oxygen atoms in total. The fraction of sp³-hybridized carbons (Fsp3) is 0.333. The first kappa shape index (κ1) is 20.1. The zero-order valence-electron chi connectivity index (χ0n) is 13.9. The molecule has 0 bridgehead atoms. The maximum atomic E-state index is 11.5. The standard InChI is InChI=1S/C18H20O7/c1-2-23-15(19)10-11-16(20)24-13-12-18(22)25-17(21)9-8-14-6-4-3-5-7-14/h3-7,10-11H,2,8-9,12-13H2,1H3. The second-order valence-corrected chi connectivity index (χ2v) is 4.83. The van der Waals surface area contributed by atoms with E-state index in [4.69, 9.17) is 4.74 Å². The Morgan fingerprint density at radius 1 is 0.880 bits per heavy atom. The zero-order chi connectivity index (χ0) is 18.5. The van der Waals surface area contributed by atoms with Crippen LogP contribution in [0.15, 0.2) is 42.5 Å². The molecule has 1 aromatic carbocycles. The summed E-state index contributed by atoms with van der Waals surface area (Å²) < 4.78 is 13.9. The molecule has 0 spiro atoms. The maximum absolute atomic E-state index is 11.5. The van der Waals surface area contributed by atoms with Crippen LogP contribution in [-0.4, -0.2) is 37.1 Å². The van der Waals surface area contributed by atoms with E-state index in [0.717, 1.165) is 17.7 Å². The van der Waals surface area contributed by atoms with Crippen LogP contribution in [0.3, 0.4) is 0 Å². The van der Waals surface area contributed by atoms with E-state index in [9.17, 15) is 19.2 Å². The molecular weight excluding hydrogens is 328 g/mol. The van der Waals surface area contributed by atoms with Crippen molar-refractivity contribution >= 4 is 23.9 Å². The molecule has 0 aliphatic carbocycles. The van der Waals surface area contributed by atoms with Crippen LogP contribution in [0.1, 0.15) is 25.3 Å². The van der Waals surface area contributed by atoms with Gasteiger partial charge in [0.2, 0.25) is 0 Å². The lowest BCUT2D eigenvalue weighted by atomic mass is 10.1. The predicted molar refractivity (Wildman–Crippen MR) is 87.2 cm³/mol. The molecule has 25 heavy (non-hydrogen) atoms. The van der Waals surface area contributed by atoms with Crippen LogP contribution < -0.4 is 0 Å². The quantitative estimate of drug-likeness (QED) is 0.290. The summed E-state index contributed by atoms with van der Waals surface area (Å²) >= 11 is 0. The van der Waals surface area contributed by atoms with Gasteiger partial charge in [0.25, 0.3) is 0 Å². The molecule has 0 fully saturated rings. The lowest BCUT2D eigenvalue weighted by molar-refractivity contribution is -0.160. The van der Waals surface area contributed by atoms with Gasteiger partial charge in [-0.3, -0.25) is 9.59 Å². The van der Waals surface area contributed by atoms with Crippen LogP contribution >= 0.6 is 0 Å². The Labute approximate surface area is 145 Å². The molecule has 0 unspecified atom stereocenters. The zero-order valence-corrected chi connectivity index (χ0v) is 13.9. The van der Waals surface area contributed by atoms with Crippen molar-refractivity contribution in [1.82, 2.24) is 0 Å². The first-order valence-electron chi connectivity index (χ1n) is 7.80. The number of carbonyl (C=O) groups is 4. The van der Waals surface area contributed by atoms with E-state index in [1.54, 1.807) is 6.92 Å². The number of rotatable bonds is 9. The van der Waals surface area contributed by atoms with E-state index in [2.05, 4.69) is 9.47 Å². The van der Waals surface area contributed by atoms with Crippen LogP contribution in [-0.2, 0) is 39.8 Å². The van der Waals surface area contributed by atoms with Gasteiger partial charge < -0.3 is 14.2 Å². The number of benzene rings is 1. The van der Waals surface area contributed by atoms with Gasteiger partial charge in [-0.25, -0.2) is 9.59 Å². The Hall–Kier alpha value is -2.96. The number of esters is 4. The van der Waals surface area contributed by atoms with E-state index in [1.165, 1.54) is 0 Å². The largest absolute Gasteiger partial charge is 0.463 e. The van der Waals surface area contributed by atoms with Gasteiger partial charge >= 0.3 is 23.9 Å². The first-order chi connectivity index (χ1) is 12.0. The number of aryl methyl sites for hydroxylation is 1. The van der Waals surface area contributed by atoms with E-state index in [-0.39, 0.29) is 26.1 Å². The third-order valence-corrected chi connectivity index (χ3v) is 2.88.